The van der Waals surface area contributed by atoms with Crippen LogP contribution in [0.5, 0.6) is 0 Å². The lowest BCUT2D eigenvalue weighted by atomic mass is 10.00. The first-order valence-corrected chi connectivity index (χ1v) is 13.9. The molecule has 12 heteroatoms. The van der Waals surface area contributed by atoms with E-state index in [1.807, 2.05) is 0 Å². The Kier molecular flexibility index (Phi) is 6.83. The van der Waals surface area contributed by atoms with Gasteiger partial charge in [0.15, 0.2) is 0 Å². The number of piperidine rings is 1. The molecule has 0 radical (unpaired) electrons. The summed E-state index contributed by atoms with van der Waals surface area (Å²) in [4.78, 5) is 21.8. The minimum absolute atomic E-state index is 0.00976. The molecule has 0 bridgehead atoms. The Labute approximate surface area is 205 Å². The highest BCUT2D eigenvalue weighted by Crippen LogP contribution is 2.39. The zero-order valence-corrected chi connectivity index (χ0v) is 20.8. The maximum atomic E-state index is 12.8. The second-order valence-corrected chi connectivity index (χ2v) is 11.8. The van der Waals surface area contributed by atoms with Gasteiger partial charge in [-0.25, -0.2) is 4.98 Å². The predicted octanol–water partition coefficient (Wildman–Crippen LogP) is 1.16. The van der Waals surface area contributed by atoms with Crippen LogP contribution in [-0.4, -0.2) is 76.4 Å². The first kappa shape index (κ1) is 24.6. The molecule has 0 spiro atoms. The highest BCUT2D eigenvalue weighted by molar-refractivity contribution is 7.87. The molecular formula is C23H34N6O5S. The number of aliphatic hydroxyl groups is 1. The van der Waals surface area contributed by atoms with Crippen molar-refractivity contribution in [3.8, 4) is 0 Å². The summed E-state index contributed by atoms with van der Waals surface area (Å²) < 4.78 is 36.6. The molecule has 3 fully saturated rings. The van der Waals surface area contributed by atoms with Crippen molar-refractivity contribution < 1.29 is 18.3 Å². The van der Waals surface area contributed by atoms with Gasteiger partial charge in [-0.05, 0) is 57.9 Å². The summed E-state index contributed by atoms with van der Waals surface area (Å²) in [6, 6.07) is 2.87. The summed E-state index contributed by atoms with van der Waals surface area (Å²) in [5.74, 6) is 0.396. The number of hydrogen-bond acceptors (Lipinski definition) is 8. The Morgan fingerprint density at radius 3 is 2.69 bits per heavy atom. The van der Waals surface area contributed by atoms with Gasteiger partial charge in [-0.1, -0.05) is 0 Å². The second-order valence-electron chi connectivity index (χ2n) is 10.1. The number of aromatic nitrogens is 3. The van der Waals surface area contributed by atoms with E-state index < -0.39 is 15.8 Å². The highest BCUT2D eigenvalue weighted by atomic mass is 32.2. The molecule has 11 nitrogen and oxygen atoms in total. The largest absolute Gasteiger partial charge is 0.388 e. The van der Waals surface area contributed by atoms with Crippen molar-refractivity contribution in [2.45, 2.75) is 75.7 Å². The molecule has 2 aliphatic heterocycles. The number of pyridine rings is 1. The monoisotopic (exact) mass is 506 g/mol. The summed E-state index contributed by atoms with van der Waals surface area (Å²) in [5.41, 5.74) is -0.656. The average molecular weight is 507 g/mol. The Morgan fingerprint density at radius 2 is 2.00 bits per heavy atom. The van der Waals surface area contributed by atoms with Crippen LogP contribution in [0.3, 0.4) is 0 Å². The summed E-state index contributed by atoms with van der Waals surface area (Å²) in [5, 5.41) is 14.9. The van der Waals surface area contributed by atoms with E-state index in [2.05, 4.69) is 20.0 Å². The quantitative estimate of drug-likeness (QED) is 0.508. The Balaban J connectivity index is 1.26. The van der Waals surface area contributed by atoms with Crippen LogP contribution in [0.1, 0.15) is 57.9 Å². The number of rotatable bonds is 7. The van der Waals surface area contributed by atoms with Crippen molar-refractivity contribution >= 4 is 27.2 Å². The van der Waals surface area contributed by atoms with Gasteiger partial charge in [-0.15, -0.1) is 0 Å². The lowest BCUT2D eigenvalue weighted by Gasteiger charge is -2.32. The van der Waals surface area contributed by atoms with Crippen LogP contribution in [-0.2, 0) is 14.9 Å². The fourth-order valence-corrected chi connectivity index (χ4v) is 6.74. The molecule has 1 unspecified atom stereocenters. The maximum absolute atomic E-state index is 12.8. The van der Waals surface area contributed by atoms with Crippen LogP contribution in [0.4, 0.5) is 5.95 Å². The Hall–Kier alpha value is -2.12. The second kappa shape index (κ2) is 9.74. The van der Waals surface area contributed by atoms with Crippen LogP contribution < -0.4 is 15.6 Å². The molecule has 2 aromatic heterocycles. The van der Waals surface area contributed by atoms with Crippen molar-refractivity contribution in [2.24, 2.45) is 0 Å². The zero-order chi connectivity index (χ0) is 24.6. The van der Waals surface area contributed by atoms with Gasteiger partial charge in [0.05, 0.1) is 17.7 Å². The van der Waals surface area contributed by atoms with Crippen LogP contribution >= 0.6 is 0 Å². The van der Waals surface area contributed by atoms with Crippen LogP contribution in [0, 0.1) is 0 Å². The molecule has 2 aromatic rings. The van der Waals surface area contributed by atoms with E-state index in [0.717, 1.165) is 24.6 Å². The first-order valence-electron chi connectivity index (χ1n) is 12.5. The number of ether oxygens (including phenoxy) is 1. The van der Waals surface area contributed by atoms with Gasteiger partial charge in [0.25, 0.3) is 15.8 Å². The minimum Gasteiger partial charge on any atom is -0.388 e. The topological polar surface area (TPSA) is 139 Å². The molecule has 192 valence electrons. The van der Waals surface area contributed by atoms with E-state index in [9.17, 15) is 18.3 Å². The van der Waals surface area contributed by atoms with Gasteiger partial charge in [0.2, 0.25) is 5.95 Å². The molecule has 35 heavy (non-hydrogen) atoms. The third kappa shape index (κ3) is 5.21. The van der Waals surface area contributed by atoms with E-state index in [1.54, 1.807) is 23.8 Å². The molecular weight excluding hydrogens is 472 g/mol. The lowest BCUT2D eigenvalue weighted by Crippen LogP contribution is -2.48. The summed E-state index contributed by atoms with van der Waals surface area (Å²) in [6.07, 6.45) is 6.91. The molecule has 3 atom stereocenters. The number of anilines is 1. The van der Waals surface area contributed by atoms with Gasteiger partial charge in [0, 0.05) is 49.9 Å². The summed E-state index contributed by atoms with van der Waals surface area (Å²) in [6.45, 7) is 3.55. The van der Waals surface area contributed by atoms with Crippen LogP contribution in [0.15, 0.2) is 23.1 Å². The standard InChI is InChI=1S/C23H34N6O5S/c1-23(31)10-2-5-19(23)29-20(30)7-6-16-14-24-22(27-21(16)29)26-17-8-11-28(12-9-17)35(32,33)25-15-18-4-3-13-34-18/h6-7,14,17-19,25,31H,2-5,8-13,15H2,1H3,(H,24,26,27)/t18-,19?,23+/m1/s1. The third-order valence-electron chi connectivity index (χ3n) is 7.50. The number of nitrogens with one attached hydrogen (secondary N) is 2. The summed E-state index contributed by atoms with van der Waals surface area (Å²) in [7, 11) is -3.54. The van der Waals surface area contributed by atoms with Crippen molar-refractivity contribution in [2.75, 3.05) is 31.6 Å². The normalized spacial score (nSPS) is 28.6. The van der Waals surface area contributed by atoms with Crippen molar-refractivity contribution in [3.63, 3.8) is 0 Å². The third-order valence-corrected chi connectivity index (χ3v) is 9.08. The smallest absolute Gasteiger partial charge is 0.279 e. The van der Waals surface area contributed by atoms with Gasteiger partial charge >= 0.3 is 0 Å². The molecule has 3 aliphatic rings. The van der Waals surface area contributed by atoms with E-state index in [4.69, 9.17) is 4.74 Å². The molecule has 2 saturated heterocycles. The summed E-state index contributed by atoms with van der Waals surface area (Å²) >= 11 is 0. The number of hydrogen-bond donors (Lipinski definition) is 3. The van der Waals surface area contributed by atoms with E-state index >= 15 is 0 Å². The molecule has 1 aliphatic carbocycles. The fraction of sp³-hybridized carbons (Fsp3) is 0.696. The minimum atomic E-state index is -3.54. The van der Waals surface area contributed by atoms with Crippen molar-refractivity contribution in [1.82, 2.24) is 23.6 Å². The van der Waals surface area contributed by atoms with Gasteiger partial charge in [0.1, 0.15) is 5.65 Å². The Bertz CT molecular complexity index is 1220. The average Bonchev–Trinajstić information content (AvgIpc) is 3.47. The molecule has 0 aromatic carbocycles. The first-order chi connectivity index (χ1) is 16.7. The molecule has 4 heterocycles. The molecule has 3 N–H and O–H groups in total. The molecule has 0 amide bonds. The number of fused-ring (bicyclic) bond motifs is 1. The van der Waals surface area contributed by atoms with E-state index in [0.29, 0.717) is 63.5 Å². The van der Waals surface area contributed by atoms with Crippen molar-refractivity contribution in [1.29, 1.82) is 0 Å². The SMILES string of the molecule is C[C@]1(O)CCCC1n1c(=O)ccc2cnc(NC3CCN(S(=O)(=O)NC[C@H]4CCCO4)CC3)nc21. The van der Waals surface area contributed by atoms with Gasteiger partial charge in [-0.2, -0.15) is 22.4 Å². The highest BCUT2D eigenvalue weighted by Gasteiger charge is 2.39. The predicted molar refractivity (Wildman–Crippen MR) is 131 cm³/mol. The zero-order valence-electron chi connectivity index (χ0n) is 20.0. The maximum Gasteiger partial charge on any atom is 0.279 e. The Morgan fingerprint density at radius 1 is 1.20 bits per heavy atom. The number of nitrogens with zero attached hydrogens (tertiary/aromatic N) is 4. The lowest BCUT2D eigenvalue weighted by molar-refractivity contribution is 0.0267. The van der Waals surface area contributed by atoms with E-state index in [1.165, 1.54) is 10.4 Å². The van der Waals surface area contributed by atoms with Gasteiger partial charge in [-0.3, -0.25) is 9.36 Å². The van der Waals surface area contributed by atoms with E-state index in [-0.39, 0.29) is 23.7 Å². The van der Waals surface area contributed by atoms with Gasteiger partial charge < -0.3 is 15.2 Å². The van der Waals surface area contributed by atoms with Crippen LogP contribution in [0.2, 0.25) is 0 Å². The molecule has 1 saturated carbocycles. The van der Waals surface area contributed by atoms with Crippen LogP contribution in [0.25, 0.3) is 11.0 Å². The fourth-order valence-electron chi connectivity index (χ4n) is 5.47. The van der Waals surface area contributed by atoms with Crippen molar-refractivity contribution in [3.05, 3.63) is 28.7 Å². The molecule has 5 rings (SSSR count).